The third-order valence-corrected chi connectivity index (χ3v) is 8.40. The molecule has 3 aromatic carbocycles. The van der Waals surface area contributed by atoms with E-state index in [1.807, 2.05) is 24.3 Å². The van der Waals surface area contributed by atoms with Crippen LogP contribution in [0.2, 0.25) is 25.1 Å². The minimum atomic E-state index is -0.776. The van der Waals surface area contributed by atoms with Crippen LogP contribution in [0.4, 0.5) is 0 Å². The highest BCUT2D eigenvalue weighted by molar-refractivity contribution is 6.55. The first-order valence-corrected chi connectivity index (χ1v) is 14.3. The molecule has 0 fully saturated rings. The highest BCUT2D eigenvalue weighted by Gasteiger charge is 2.31. The first-order valence-electron chi connectivity index (χ1n) is 12.4. The fourth-order valence-electron chi connectivity index (χ4n) is 4.14. The van der Waals surface area contributed by atoms with Crippen molar-refractivity contribution in [2.45, 2.75) is 32.1 Å². The fraction of sp³-hybridized carbons (Fsp3) is 0.241. The highest BCUT2D eigenvalue weighted by Crippen LogP contribution is 2.48. The average molecular weight is 657 g/mol. The average Bonchev–Trinajstić information content (AvgIpc) is 2.97. The number of fused-ring (bicyclic) bond motifs is 1. The maximum atomic E-state index is 12.5. The van der Waals surface area contributed by atoms with Crippen LogP contribution < -0.4 is 24.7 Å². The van der Waals surface area contributed by atoms with Gasteiger partial charge in [0.2, 0.25) is 5.88 Å². The van der Waals surface area contributed by atoms with Gasteiger partial charge in [-0.3, -0.25) is 0 Å². The minimum Gasteiger partial charge on any atom is -0.494 e. The normalized spacial score (nSPS) is 14.1. The topological polar surface area (TPSA) is 104 Å². The number of hydrogen-bond acceptors (Lipinski definition) is 7. The second-order valence-electron chi connectivity index (χ2n) is 8.91. The van der Waals surface area contributed by atoms with Gasteiger partial charge < -0.3 is 24.7 Å². The van der Waals surface area contributed by atoms with Crippen molar-refractivity contribution in [3.05, 3.63) is 90.2 Å². The molecule has 4 rings (SSSR count). The molecular weight excluding hydrogens is 634 g/mol. The molecule has 0 saturated carbocycles. The van der Waals surface area contributed by atoms with Crippen LogP contribution in [0.1, 0.15) is 43.2 Å². The SMILES string of the molecule is CCCCCOc1ccc(C2C(C#N)=C(N)Oc3cc(OC(=O)COc4c(Cl)c(Cl)c(Cl)c(Cl)c4Cl)ccc32)cc1. The maximum Gasteiger partial charge on any atom is 0.349 e. The summed E-state index contributed by atoms with van der Waals surface area (Å²) < 4.78 is 22.4. The molecule has 2 N–H and O–H groups in total. The van der Waals surface area contributed by atoms with Crippen LogP contribution in [0.3, 0.4) is 0 Å². The zero-order valence-corrected chi connectivity index (χ0v) is 25.4. The molecule has 0 amide bonds. The van der Waals surface area contributed by atoms with Gasteiger partial charge in [-0.2, -0.15) is 5.26 Å². The lowest BCUT2D eigenvalue weighted by molar-refractivity contribution is -0.136. The van der Waals surface area contributed by atoms with E-state index >= 15 is 0 Å². The van der Waals surface area contributed by atoms with Crippen LogP contribution in [0.15, 0.2) is 53.9 Å². The zero-order chi connectivity index (χ0) is 29.7. The smallest absolute Gasteiger partial charge is 0.349 e. The highest BCUT2D eigenvalue weighted by atomic mass is 35.5. The fourth-order valence-corrected chi connectivity index (χ4v) is 5.37. The number of hydrogen-bond donors (Lipinski definition) is 1. The maximum absolute atomic E-state index is 12.5. The number of unbranched alkanes of at least 4 members (excludes halogenated alkanes) is 2. The number of benzene rings is 3. The summed E-state index contributed by atoms with van der Waals surface area (Å²) in [7, 11) is 0. The van der Waals surface area contributed by atoms with E-state index in [-0.39, 0.29) is 48.1 Å². The lowest BCUT2D eigenvalue weighted by atomic mass is 9.83. The zero-order valence-electron chi connectivity index (χ0n) is 21.6. The summed E-state index contributed by atoms with van der Waals surface area (Å²) in [5.41, 5.74) is 7.87. The van der Waals surface area contributed by atoms with Gasteiger partial charge in [-0.25, -0.2) is 4.79 Å². The van der Waals surface area contributed by atoms with Gasteiger partial charge in [0.15, 0.2) is 12.4 Å². The molecule has 0 aliphatic carbocycles. The van der Waals surface area contributed by atoms with Crippen molar-refractivity contribution in [1.82, 2.24) is 0 Å². The number of carbonyl (C=O) groups is 1. The summed E-state index contributed by atoms with van der Waals surface area (Å²) >= 11 is 30.3. The summed E-state index contributed by atoms with van der Waals surface area (Å²) in [6, 6.07) is 14.4. The second kappa shape index (κ2) is 13.8. The van der Waals surface area contributed by atoms with Crippen LogP contribution >= 0.6 is 58.0 Å². The third kappa shape index (κ3) is 6.91. The molecule has 0 spiro atoms. The number of allylic oxidation sites excluding steroid dienone is 1. The molecule has 1 aliphatic heterocycles. The van der Waals surface area contributed by atoms with Gasteiger partial charge in [-0.1, -0.05) is 96.0 Å². The summed E-state index contributed by atoms with van der Waals surface area (Å²) in [5, 5.41) is 9.47. The van der Waals surface area contributed by atoms with Crippen molar-refractivity contribution < 1.29 is 23.7 Å². The Morgan fingerprint density at radius 3 is 2.20 bits per heavy atom. The molecule has 7 nitrogen and oxygen atoms in total. The van der Waals surface area contributed by atoms with Crippen molar-refractivity contribution >= 4 is 64.0 Å². The molecule has 0 saturated heterocycles. The van der Waals surface area contributed by atoms with Crippen molar-refractivity contribution in [3.8, 4) is 29.1 Å². The number of nitrogens with two attached hydrogens (primary N) is 1. The van der Waals surface area contributed by atoms with Crippen LogP contribution in [0.5, 0.6) is 23.0 Å². The Kier molecular flexibility index (Phi) is 10.4. The molecule has 0 aromatic heterocycles. The lowest BCUT2D eigenvalue weighted by Gasteiger charge is -2.26. The van der Waals surface area contributed by atoms with Crippen LogP contribution in [-0.2, 0) is 4.79 Å². The van der Waals surface area contributed by atoms with Gasteiger partial charge in [0, 0.05) is 11.6 Å². The van der Waals surface area contributed by atoms with E-state index in [0.717, 1.165) is 30.6 Å². The van der Waals surface area contributed by atoms with Crippen molar-refractivity contribution in [2.24, 2.45) is 5.73 Å². The monoisotopic (exact) mass is 654 g/mol. The van der Waals surface area contributed by atoms with Gasteiger partial charge in [-0.15, -0.1) is 0 Å². The van der Waals surface area contributed by atoms with E-state index in [0.29, 0.717) is 17.9 Å². The minimum absolute atomic E-state index is 0.0369. The predicted octanol–water partition coefficient (Wildman–Crippen LogP) is 8.73. The number of halogens is 5. The van der Waals surface area contributed by atoms with Crippen LogP contribution in [-0.4, -0.2) is 19.2 Å². The standard InChI is InChI=1S/C29H23Cl5N2O5/c1-2-3-4-11-38-16-7-5-15(6-8-16)22-18-10-9-17(12-20(18)41-29(36)19(22)13-35)40-21(37)14-39-28-26(33)24(31)23(30)25(32)27(28)34/h5-10,12,22H,2-4,11,14,36H2,1H3. The number of ether oxygens (including phenoxy) is 4. The summed E-state index contributed by atoms with van der Waals surface area (Å²) in [5.74, 6) is -0.192. The lowest BCUT2D eigenvalue weighted by Crippen LogP contribution is -2.21. The van der Waals surface area contributed by atoms with Gasteiger partial charge >= 0.3 is 5.97 Å². The molecule has 1 heterocycles. The molecule has 1 atom stereocenters. The second-order valence-corrected chi connectivity index (χ2v) is 10.8. The molecular formula is C29H23Cl5N2O5. The van der Waals surface area contributed by atoms with Gasteiger partial charge in [-0.05, 0) is 30.2 Å². The Morgan fingerprint density at radius 2 is 1.56 bits per heavy atom. The largest absolute Gasteiger partial charge is 0.494 e. The van der Waals surface area contributed by atoms with Crippen molar-refractivity contribution in [3.63, 3.8) is 0 Å². The van der Waals surface area contributed by atoms with Crippen molar-refractivity contribution in [2.75, 3.05) is 13.2 Å². The molecule has 0 radical (unpaired) electrons. The van der Waals surface area contributed by atoms with Gasteiger partial charge in [0.1, 0.15) is 38.9 Å². The van der Waals surface area contributed by atoms with Crippen LogP contribution in [0.25, 0.3) is 0 Å². The summed E-state index contributed by atoms with van der Waals surface area (Å²) in [4.78, 5) is 12.5. The van der Waals surface area contributed by atoms with Crippen LogP contribution in [0, 0.1) is 11.3 Å². The molecule has 3 aromatic rings. The Labute approximate surface area is 262 Å². The molecule has 41 heavy (non-hydrogen) atoms. The number of rotatable bonds is 10. The van der Waals surface area contributed by atoms with E-state index < -0.39 is 18.5 Å². The van der Waals surface area contributed by atoms with Crippen molar-refractivity contribution in [1.29, 1.82) is 5.26 Å². The van der Waals surface area contributed by atoms with E-state index in [4.69, 9.17) is 82.7 Å². The first-order chi connectivity index (χ1) is 19.7. The van der Waals surface area contributed by atoms with E-state index in [2.05, 4.69) is 13.0 Å². The first kappa shape index (κ1) is 31.0. The Hall–Kier alpha value is -2.99. The molecule has 12 heteroatoms. The number of carbonyl (C=O) groups excluding carboxylic acids is 1. The van der Waals surface area contributed by atoms with E-state index in [1.54, 1.807) is 12.1 Å². The van der Waals surface area contributed by atoms with E-state index in [1.165, 1.54) is 6.07 Å². The number of nitrogens with zero attached hydrogens (tertiary/aromatic N) is 1. The van der Waals surface area contributed by atoms with Gasteiger partial charge in [0.05, 0.1) is 27.6 Å². The summed E-state index contributed by atoms with van der Waals surface area (Å²) in [6.45, 7) is 2.20. The Bertz CT molecular complexity index is 1510. The Balaban J connectivity index is 1.50. The van der Waals surface area contributed by atoms with E-state index in [9.17, 15) is 10.1 Å². The van der Waals surface area contributed by atoms with Gasteiger partial charge in [0.25, 0.3) is 0 Å². The Morgan fingerprint density at radius 1 is 0.927 bits per heavy atom. The molecule has 1 aliphatic rings. The molecule has 1 unspecified atom stereocenters. The summed E-state index contributed by atoms with van der Waals surface area (Å²) in [6.07, 6.45) is 3.20. The number of nitriles is 1. The molecule has 214 valence electrons. The third-order valence-electron chi connectivity index (χ3n) is 6.16. The molecule has 0 bridgehead atoms. The predicted molar refractivity (Wildman–Crippen MR) is 160 cm³/mol. The quantitative estimate of drug-likeness (QED) is 0.0765. The number of esters is 1.